The average molecular weight is 323 g/mol. The zero-order chi connectivity index (χ0) is 15.4. The largest absolute Gasteiger partial charge is 0.462 e. The lowest BCUT2D eigenvalue weighted by Gasteiger charge is -2.07. The molecule has 0 radical (unpaired) electrons. The van der Waals surface area contributed by atoms with Crippen molar-refractivity contribution in [2.45, 2.75) is 27.2 Å². The molecule has 112 valence electrons. The van der Waals surface area contributed by atoms with Crippen LogP contribution in [0.1, 0.15) is 45.0 Å². The molecule has 2 aromatic heterocycles. The fourth-order valence-corrected chi connectivity index (χ4v) is 3.84. The van der Waals surface area contributed by atoms with Gasteiger partial charge < -0.3 is 10.1 Å². The second-order valence-corrected chi connectivity index (χ2v) is 6.39. The lowest BCUT2D eigenvalue weighted by molar-refractivity contribution is 0.0527. The maximum Gasteiger partial charge on any atom is 0.341 e. The van der Waals surface area contributed by atoms with Crippen LogP contribution in [0.5, 0.6) is 0 Å². The van der Waals surface area contributed by atoms with Crippen LogP contribution in [-0.2, 0) is 11.2 Å². The molecule has 0 saturated heterocycles. The second kappa shape index (κ2) is 6.87. The highest BCUT2D eigenvalue weighted by molar-refractivity contribution is 7.17. The van der Waals surface area contributed by atoms with Crippen LogP contribution in [0.2, 0.25) is 0 Å². The van der Waals surface area contributed by atoms with E-state index >= 15 is 0 Å². The predicted molar refractivity (Wildman–Crippen MR) is 86.7 cm³/mol. The van der Waals surface area contributed by atoms with Crippen molar-refractivity contribution >= 4 is 39.6 Å². The van der Waals surface area contributed by atoms with Gasteiger partial charge in [0.2, 0.25) is 0 Å². The summed E-state index contributed by atoms with van der Waals surface area (Å²) >= 11 is 2.88. The van der Waals surface area contributed by atoms with Gasteiger partial charge in [-0.25, -0.2) is 4.79 Å². The zero-order valence-electron chi connectivity index (χ0n) is 12.2. The van der Waals surface area contributed by atoms with Crippen molar-refractivity contribution in [2.24, 2.45) is 0 Å². The zero-order valence-corrected chi connectivity index (χ0v) is 13.8. The van der Waals surface area contributed by atoms with Crippen molar-refractivity contribution in [1.29, 1.82) is 0 Å². The van der Waals surface area contributed by atoms with Crippen LogP contribution in [0, 0.1) is 6.92 Å². The first-order valence-corrected chi connectivity index (χ1v) is 8.47. The number of aryl methyl sites for hydroxylation is 1. The Hall–Kier alpha value is -1.66. The van der Waals surface area contributed by atoms with E-state index in [4.69, 9.17) is 4.74 Å². The Morgan fingerprint density at radius 3 is 2.67 bits per heavy atom. The standard InChI is InChI=1S/C15H17NO3S2/c1-4-11-9(3)21-14(12(11)15(18)19-5-2)16-13(17)10-6-7-20-8-10/h6-8H,4-5H2,1-3H3,(H,16,17). The number of carbonyl (C=O) groups is 2. The van der Waals surface area contributed by atoms with Crippen LogP contribution in [0.4, 0.5) is 5.00 Å². The molecule has 2 rings (SSSR count). The summed E-state index contributed by atoms with van der Waals surface area (Å²) in [5.41, 5.74) is 2.03. The summed E-state index contributed by atoms with van der Waals surface area (Å²) in [5.74, 6) is -0.579. The Bertz CT molecular complexity index is 644. The summed E-state index contributed by atoms with van der Waals surface area (Å²) in [7, 11) is 0. The molecule has 2 heterocycles. The molecule has 0 aliphatic carbocycles. The number of amides is 1. The van der Waals surface area contributed by atoms with E-state index in [0.717, 1.165) is 16.9 Å². The van der Waals surface area contributed by atoms with Gasteiger partial charge in [0, 0.05) is 10.3 Å². The summed E-state index contributed by atoms with van der Waals surface area (Å²) < 4.78 is 5.12. The van der Waals surface area contributed by atoms with E-state index in [2.05, 4.69) is 5.32 Å². The fraction of sp³-hybridized carbons (Fsp3) is 0.333. The SMILES string of the molecule is CCOC(=O)c1c(NC(=O)c2ccsc2)sc(C)c1CC. The summed E-state index contributed by atoms with van der Waals surface area (Å²) in [5, 5.41) is 7.03. The average Bonchev–Trinajstić information content (AvgIpc) is 3.06. The Balaban J connectivity index is 2.34. The van der Waals surface area contributed by atoms with E-state index in [9.17, 15) is 9.59 Å². The van der Waals surface area contributed by atoms with Crippen LogP contribution in [0.15, 0.2) is 16.8 Å². The number of esters is 1. The molecule has 0 unspecified atom stereocenters. The third-order valence-electron chi connectivity index (χ3n) is 3.05. The minimum atomic E-state index is -0.376. The minimum absolute atomic E-state index is 0.203. The fourth-order valence-electron chi connectivity index (χ4n) is 2.08. The number of hydrogen-bond donors (Lipinski definition) is 1. The van der Waals surface area contributed by atoms with E-state index in [1.807, 2.05) is 19.2 Å². The number of ether oxygens (including phenoxy) is 1. The minimum Gasteiger partial charge on any atom is -0.462 e. The molecule has 21 heavy (non-hydrogen) atoms. The first kappa shape index (κ1) is 15.7. The van der Waals surface area contributed by atoms with Gasteiger partial charge in [0.1, 0.15) is 5.00 Å². The van der Waals surface area contributed by atoms with Gasteiger partial charge in [0.05, 0.1) is 17.7 Å². The summed E-state index contributed by atoms with van der Waals surface area (Å²) in [6.45, 7) is 6.02. The van der Waals surface area contributed by atoms with Gasteiger partial charge in [-0.1, -0.05) is 6.92 Å². The van der Waals surface area contributed by atoms with Crippen LogP contribution in [-0.4, -0.2) is 18.5 Å². The molecular formula is C15H17NO3S2. The molecule has 0 fully saturated rings. The van der Waals surface area contributed by atoms with Crippen LogP contribution in [0.25, 0.3) is 0 Å². The monoisotopic (exact) mass is 323 g/mol. The van der Waals surface area contributed by atoms with Gasteiger partial charge in [-0.2, -0.15) is 11.3 Å². The molecule has 0 bridgehead atoms. The van der Waals surface area contributed by atoms with Crippen molar-refractivity contribution in [3.63, 3.8) is 0 Å². The molecule has 0 atom stereocenters. The first-order valence-electron chi connectivity index (χ1n) is 6.71. The van der Waals surface area contributed by atoms with E-state index in [1.54, 1.807) is 18.4 Å². The molecule has 0 aliphatic heterocycles. The first-order chi connectivity index (χ1) is 10.1. The van der Waals surface area contributed by atoms with E-state index in [0.29, 0.717) is 22.7 Å². The van der Waals surface area contributed by atoms with Crippen LogP contribution in [0.3, 0.4) is 0 Å². The molecular weight excluding hydrogens is 306 g/mol. The number of thiophene rings is 2. The third kappa shape index (κ3) is 3.33. The number of hydrogen-bond acceptors (Lipinski definition) is 5. The topological polar surface area (TPSA) is 55.4 Å². The number of anilines is 1. The molecule has 0 aromatic carbocycles. The van der Waals surface area contributed by atoms with Gasteiger partial charge in [-0.15, -0.1) is 11.3 Å². The Kier molecular flexibility index (Phi) is 5.14. The Morgan fingerprint density at radius 1 is 1.33 bits per heavy atom. The van der Waals surface area contributed by atoms with E-state index in [1.165, 1.54) is 22.7 Å². The Labute approximate surface area is 131 Å². The molecule has 0 aliphatic rings. The van der Waals surface area contributed by atoms with Gasteiger partial charge in [-0.3, -0.25) is 4.79 Å². The highest BCUT2D eigenvalue weighted by Gasteiger charge is 2.23. The maximum absolute atomic E-state index is 12.2. The number of nitrogens with one attached hydrogen (secondary N) is 1. The van der Waals surface area contributed by atoms with Crippen molar-refractivity contribution in [3.8, 4) is 0 Å². The van der Waals surface area contributed by atoms with Gasteiger partial charge >= 0.3 is 5.97 Å². The molecule has 2 aromatic rings. The van der Waals surface area contributed by atoms with Gasteiger partial charge in [0.25, 0.3) is 5.91 Å². The quantitative estimate of drug-likeness (QED) is 0.843. The third-order valence-corrected chi connectivity index (χ3v) is 4.80. The van der Waals surface area contributed by atoms with Crippen molar-refractivity contribution in [1.82, 2.24) is 0 Å². The van der Waals surface area contributed by atoms with E-state index in [-0.39, 0.29) is 11.9 Å². The smallest absolute Gasteiger partial charge is 0.341 e. The number of carbonyl (C=O) groups excluding carboxylic acids is 2. The highest BCUT2D eigenvalue weighted by Crippen LogP contribution is 2.34. The highest BCUT2D eigenvalue weighted by atomic mass is 32.1. The second-order valence-electron chi connectivity index (χ2n) is 4.38. The molecule has 1 amide bonds. The maximum atomic E-state index is 12.2. The summed E-state index contributed by atoms with van der Waals surface area (Å²) in [6, 6.07) is 1.76. The molecule has 0 saturated carbocycles. The Morgan fingerprint density at radius 2 is 2.10 bits per heavy atom. The van der Waals surface area contributed by atoms with Gasteiger partial charge in [0.15, 0.2) is 0 Å². The van der Waals surface area contributed by atoms with Crippen molar-refractivity contribution < 1.29 is 14.3 Å². The van der Waals surface area contributed by atoms with E-state index < -0.39 is 0 Å². The summed E-state index contributed by atoms with van der Waals surface area (Å²) in [6.07, 6.45) is 0.727. The van der Waals surface area contributed by atoms with Crippen LogP contribution < -0.4 is 5.32 Å². The normalized spacial score (nSPS) is 10.4. The number of rotatable bonds is 5. The molecule has 0 spiro atoms. The van der Waals surface area contributed by atoms with Crippen LogP contribution >= 0.6 is 22.7 Å². The molecule has 6 heteroatoms. The lowest BCUT2D eigenvalue weighted by Crippen LogP contribution is -2.14. The van der Waals surface area contributed by atoms with Gasteiger partial charge in [-0.05, 0) is 37.3 Å². The molecule has 1 N–H and O–H groups in total. The molecule has 4 nitrogen and oxygen atoms in total. The predicted octanol–water partition coefficient (Wildman–Crippen LogP) is 4.11. The van der Waals surface area contributed by atoms with Crippen molar-refractivity contribution in [3.05, 3.63) is 38.4 Å². The van der Waals surface area contributed by atoms with Crippen molar-refractivity contribution in [2.75, 3.05) is 11.9 Å². The summed E-state index contributed by atoms with van der Waals surface area (Å²) in [4.78, 5) is 25.4. The lowest BCUT2D eigenvalue weighted by atomic mass is 10.1.